The highest BCUT2D eigenvalue weighted by Gasteiger charge is 2.48. The van der Waals surface area contributed by atoms with Crippen LogP contribution >= 0.6 is 0 Å². The van der Waals surface area contributed by atoms with E-state index in [1.54, 1.807) is 0 Å². The van der Waals surface area contributed by atoms with Crippen LogP contribution in [-0.2, 0) is 9.59 Å². The van der Waals surface area contributed by atoms with Crippen molar-refractivity contribution in [1.29, 1.82) is 0 Å². The quantitative estimate of drug-likeness (QED) is 0.693. The molecule has 0 aromatic rings. The second kappa shape index (κ2) is 4.63. The lowest BCUT2D eigenvalue weighted by atomic mass is 9.75. The number of guanidine groups is 1. The topological polar surface area (TPSA) is 70.6 Å². The molecule has 0 bridgehead atoms. The fraction of sp³-hybridized carbons (Fsp3) is 0.727. The molecular weight excluding hydrogens is 206 g/mol. The number of hydrogen-bond acceptors (Lipinski definition) is 3. The Kier molecular flexibility index (Phi) is 3.67. The zero-order valence-electron chi connectivity index (χ0n) is 10.3. The second-order valence-electron chi connectivity index (χ2n) is 4.51. The molecule has 0 radical (unpaired) electrons. The van der Waals surface area contributed by atoms with Crippen LogP contribution in [0.25, 0.3) is 0 Å². The van der Waals surface area contributed by atoms with E-state index in [1.165, 1.54) is 7.05 Å². The van der Waals surface area contributed by atoms with Gasteiger partial charge in [0, 0.05) is 7.05 Å². The summed E-state index contributed by atoms with van der Waals surface area (Å²) in [5.74, 6) is 0.0421. The third kappa shape index (κ3) is 2.08. The standard InChI is InChI=1S/C11H19N3O2/c1-5-11(6-7(2)3)8(15)13-10(12-4)14-9(11)16/h7H,5-6H2,1-4H3,(H2,12,13,14,15,16). The van der Waals surface area contributed by atoms with Gasteiger partial charge in [0.25, 0.3) is 0 Å². The summed E-state index contributed by atoms with van der Waals surface area (Å²) in [4.78, 5) is 27.8. The van der Waals surface area contributed by atoms with Crippen LogP contribution in [0.1, 0.15) is 33.6 Å². The van der Waals surface area contributed by atoms with E-state index in [0.29, 0.717) is 12.8 Å². The summed E-state index contributed by atoms with van der Waals surface area (Å²) in [6.07, 6.45) is 1.05. The predicted molar refractivity (Wildman–Crippen MR) is 61.8 cm³/mol. The van der Waals surface area contributed by atoms with Gasteiger partial charge < -0.3 is 0 Å². The molecule has 0 aromatic carbocycles. The number of amides is 2. The average molecular weight is 225 g/mol. The average Bonchev–Trinajstić information content (AvgIpc) is 2.22. The molecule has 1 saturated heterocycles. The molecule has 0 unspecified atom stereocenters. The minimum Gasteiger partial charge on any atom is -0.295 e. The molecule has 1 aliphatic rings. The van der Waals surface area contributed by atoms with E-state index in [-0.39, 0.29) is 23.7 Å². The first-order chi connectivity index (χ1) is 7.46. The van der Waals surface area contributed by atoms with Crippen LogP contribution in [0.4, 0.5) is 0 Å². The molecule has 0 aromatic heterocycles. The highest BCUT2D eigenvalue weighted by atomic mass is 16.2. The van der Waals surface area contributed by atoms with E-state index in [2.05, 4.69) is 15.6 Å². The Morgan fingerprint density at radius 2 is 1.75 bits per heavy atom. The minimum atomic E-state index is -0.942. The van der Waals surface area contributed by atoms with Crippen molar-refractivity contribution >= 4 is 17.8 Å². The maximum atomic E-state index is 12.0. The molecule has 2 amide bonds. The van der Waals surface area contributed by atoms with Crippen molar-refractivity contribution in [1.82, 2.24) is 10.6 Å². The molecule has 1 aliphatic heterocycles. The van der Waals surface area contributed by atoms with Crippen LogP contribution in [0, 0.1) is 11.3 Å². The van der Waals surface area contributed by atoms with E-state index in [4.69, 9.17) is 0 Å². The molecular formula is C11H19N3O2. The molecule has 0 aliphatic carbocycles. The van der Waals surface area contributed by atoms with Crippen molar-refractivity contribution < 1.29 is 9.59 Å². The summed E-state index contributed by atoms with van der Waals surface area (Å²) >= 11 is 0. The van der Waals surface area contributed by atoms with Crippen molar-refractivity contribution in [2.24, 2.45) is 16.3 Å². The van der Waals surface area contributed by atoms with Gasteiger partial charge in [-0.25, -0.2) is 0 Å². The minimum absolute atomic E-state index is 0.239. The van der Waals surface area contributed by atoms with Crippen LogP contribution in [0.3, 0.4) is 0 Å². The van der Waals surface area contributed by atoms with Crippen molar-refractivity contribution in [3.8, 4) is 0 Å². The molecule has 0 spiro atoms. The van der Waals surface area contributed by atoms with Gasteiger partial charge in [-0.05, 0) is 18.8 Å². The Morgan fingerprint density at radius 3 is 2.06 bits per heavy atom. The highest BCUT2D eigenvalue weighted by Crippen LogP contribution is 2.32. The number of hydrogen-bond donors (Lipinski definition) is 2. The summed E-state index contributed by atoms with van der Waals surface area (Å²) in [6, 6.07) is 0. The second-order valence-corrected chi connectivity index (χ2v) is 4.51. The van der Waals surface area contributed by atoms with Gasteiger partial charge in [0.2, 0.25) is 17.8 Å². The molecule has 5 nitrogen and oxygen atoms in total. The maximum Gasteiger partial charge on any atom is 0.242 e. The lowest BCUT2D eigenvalue weighted by Gasteiger charge is -2.35. The number of carbonyl (C=O) groups is 2. The van der Waals surface area contributed by atoms with Gasteiger partial charge >= 0.3 is 0 Å². The molecule has 0 atom stereocenters. The first kappa shape index (κ1) is 12.7. The normalized spacial score (nSPS) is 25.4. The van der Waals surface area contributed by atoms with E-state index in [0.717, 1.165) is 0 Å². The van der Waals surface area contributed by atoms with Gasteiger partial charge in [-0.3, -0.25) is 25.2 Å². The first-order valence-electron chi connectivity index (χ1n) is 5.56. The Labute approximate surface area is 95.7 Å². The largest absolute Gasteiger partial charge is 0.295 e. The molecule has 1 rings (SSSR count). The molecule has 2 N–H and O–H groups in total. The van der Waals surface area contributed by atoms with E-state index >= 15 is 0 Å². The van der Waals surface area contributed by atoms with Gasteiger partial charge in [0.15, 0.2) is 0 Å². The van der Waals surface area contributed by atoms with Crippen LogP contribution in [0.5, 0.6) is 0 Å². The Balaban J connectivity index is 3.01. The molecule has 5 heteroatoms. The van der Waals surface area contributed by atoms with Crippen LogP contribution < -0.4 is 10.6 Å². The third-order valence-corrected chi connectivity index (χ3v) is 2.92. The van der Waals surface area contributed by atoms with Crippen molar-refractivity contribution in [2.45, 2.75) is 33.6 Å². The Morgan fingerprint density at radius 1 is 1.25 bits per heavy atom. The number of nitrogens with one attached hydrogen (secondary N) is 2. The van der Waals surface area contributed by atoms with Crippen molar-refractivity contribution in [3.05, 3.63) is 0 Å². The van der Waals surface area contributed by atoms with Crippen molar-refractivity contribution in [3.63, 3.8) is 0 Å². The van der Waals surface area contributed by atoms with Gasteiger partial charge in [-0.1, -0.05) is 20.8 Å². The van der Waals surface area contributed by atoms with Gasteiger partial charge in [-0.15, -0.1) is 0 Å². The van der Waals surface area contributed by atoms with Crippen LogP contribution in [-0.4, -0.2) is 24.8 Å². The van der Waals surface area contributed by atoms with E-state index in [1.807, 2.05) is 20.8 Å². The number of carbonyl (C=O) groups excluding carboxylic acids is 2. The van der Waals surface area contributed by atoms with E-state index < -0.39 is 5.41 Å². The van der Waals surface area contributed by atoms with Gasteiger partial charge in [0.05, 0.1) is 0 Å². The van der Waals surface area contributed by atoms with Gasteiger partial charge in [0.1, 0.15) is 5.41 Å². The molecule has 1 heterocycles. The highest BCUT2D eigenvalue weighted by molar-refractivity contribution is 6.20. The predicted octanol–water partition coefficient (Wildman–Crippen LogP) is 0.661. The summed E-state index contributed by atoms with van der Waals surface area (Å²) in [6.45, 7) is 5.86. The van der Waals surface area contributed by atoms with E-state index in [9.17, 15) is 9.59 Å². The lowest BCUT2D eigenvalue weighted by molar-refractivity contribution is -0.145. The SMILES string of the molecule is CCC1(CC(C)C)C(=O)NC(=NC)NC1=O. The monoisotopic (exact) mass is 225 g/mol. The van der Waals surface area contributed by atoms with Crippen LogP contribution in [0.2, 0.25) is 0 Å². The first-order valence-corrected chi connectivity index (χ1v) is 5.56. The van der Waals surface area contributed by atoms with Gasteiger partial charge in [-0.2, -0.15) is 0 Å². The fourth-order valence-electron chi connectivity index (χ4n) is 2.05. The number of rotatable bonds is 3. The zero-order chi connectivity index (χ0) is 12.3. The van der Waals surface area contributed by atoms with Crippen molar-refractivity contribution in [2.75, 3.05) is 7.05 Å². The summed E-state index contributed by atoms with van der Waals surface area (Å²) < 4.78 is 0. The molecule has 90 valence electrons. The zero-order valence-corrected chi connectivity index (χ0v) is 10.3. The Hall–Kier alpha value is -1.39. The summed E-state index contributed by atoms with van der Waals surface area (Å²) in [5.41, 5.74) is -0.942. The summed E-state index contributed by atoms with van der Waals surface area (Å²) in [5, 5.41) is 5.25. The van der Waals surface area contributed by atoms with Crippen LogP contribution in [0.15, 0.2) is 4.99 Å². The summed E-state index contributed by atoms with van der Waals surface area (Å²) in [7, 11) is 1.53. The number of nitrogens with zero attached hydrogens (tertiary/aromatic N) is 1. The third-order valence-electron chi connectivity index (χ3n) is 2.92. The molecule has 16 heavy (non-hydrogen) atoms. The lowest BCUT2D eigenvalue weighted by Crippen LogP contribution is -2.63. The molecule has 1 fully saturated rings. The number of aliphatic imine (C=N–C) groups is 1. The smallest absolute Gasteiger partial charge is 0.242 e. The Bertz CT molecular complexity index is 314. The molecule has 0 saturated carbocycles. The fourth-order valence-corrected chi connectivity index (χ4v) is 2.05. The maximum absolute atomic E-state index is 12.0.